The number of carbonyl (C=O) groups excluding carboxylic acids is 2. The molecule has 1 heterocycles. The van der Waals surface area contributed by atoms with Gasteiger partial charge in [0, 0.05) is 23.2 Å². The molecule has 6 nitrogen and oxygen atoms in total. The number of hydrogen-bond acceptors (Lipinski definition) is 3. The van der Waals surface area contributed by atoms with Crippen molar-refractivity contribution in [1.29, 1.82) is 0 Å². The molecule has 1 aromatic heterocycles. The van der Waals surface area contributed by atoms with Gasteiger partial charge in [-0.25, -0.2) is 13.5 Å². The molecule has 8 heteroatoms. The molecule has 0 radical (unpaired) electrons. The van der Waals surface area contributed by atoms with Crippen LogP contribution in [0.25, 0.3) is 5.69 Å². The van der Waals surface area contributed by atoms with E-state index in [0.717, 1.165) is 42.7 Å². The van der Waals surface area contributed by atoms with Crippen LogP contribution in [0.1, 0.15) is 41.0 Å². The molecular formula is C17H16F2N4O2. The van der Waals surface area contributed by atoms with Gasteiger partial charge in [-0.1, -0.05) is 0 Å². The number of hydrazine groups is 1. The fourth-order valence-electron chi connectivity index (χ4n) is 3.08. The Labute approximate surface area is 142 Å². The summed E-state index contributed by atoms with van der Waals surface area (Å²) >= 11 is 0. The van der Waals surface area contributed by atoms with E-state index < -0.39 is 17.5 Å². The zero-order valence-corrected chi connectivity index (χ0v) is 13.3. The first kappa shape index (κ1) is 15.7. The summed E-state index contributed by atoms with van der Waals surface area (Å²) in [5, 5.41) is 4.28. The van der Waals surface area contributed by atoms with Crippen LogP contribution in [-0.4, -0.2) is 21.6 Å². The van der Waals surface area contributed by atoms with E-state index in [2.05, 4.69) is 16.0 Å². The molecule has 25 heavy (non-hydrogen) atoms. The minimum Gasteiger partial charge on any atom is -0.273 e. The van der Waals surface area contributed by atoms with Crippen molar-refractivity contribution in [3.8, 4) is 5.69 Å². The number of benzene rings is 1. The van der Waals surface area contributed by atoms with Crippen LogP contribution in [0.3, 0.4) is 0 Å². The van der Waals surface area contributed by atoms with Crippen molar-refractivity contribution in [1.82, 2.24) is 20.6 Å². The van der Waals surface area contributed by atoms with E-state index in [1.807, 2.05) is 0 Å². The Kier molecular flexibility index (Phi) is 3.74. The molecule has 1 saturated carbocycles. The molecule has 130 valence electrons. The van der Waals surface area contributed by atoms with Gasteiger partial charge >= 0.3 is 0 Å². The van der Waals surface area contributed by atoms with Gasteiger partial charge in [0.05, 0.1) is 5.69 Å². The number of amides is 2. The Morgan fingerprint density at radius 3 is 2.64 bits per heavy atom. The molecule has 0 spiro atoms. The Morgan fingerprint density at radius 1 is 1.12 bits per heavy atom. The highest BCUT2D eigenvalue weighted by molar-refractivity contribution is 5.95. The highest BCUT2D eigenvalue weighted by Crippen LogP contribution is 2.29. The Hall–Kier alpha value is -2.77. The largest absolute Gasteiger partial charge is 0.290 e. The summed E-state index contributed by atoms with van der Waals surface area (Å²) in [5.74, 6) is -2.64. The maximum Gasteiger partial charge on any atom is 0.290 e. The Balaban J connectivity index is 1.61. The predicted octanol–water partition coefficient (Wildman–Crippen LogP) is 1.81. The molecule has 2 N–H and O–H groups in total. The number of nitrogens with zero attached hydrogens (tertiary/aromatic N) is 2. The zero-order valence-electron chi connectivity index (χ0n) is 13.3. The van der Waals surface area contributed by atoms with Crippen molar-refractivity contribution in [2.75, 3.05) is 0 Å². The highest BCUT2D eigenvalue weighted by atomic mass is 19.2. The minimum absolute atomic E-state index is 0.0224. The lowest BCUT2D eigenvalue weighted by molar-refractivity contribution is -0.123. The molecule has 0 unspecified atom stereocenters. The van der Waals surface area contributed by atoms with Crippen LogP contribution >= 0.6 is 0 Å². The lowest BCUT2D eigenvalue weighted by Gasteiger charge is -2.06. The van der Waals surface area contributed by atoms with Crippen LogP contribution in [-0.2, 0) is 17.6 Å². The van der Waals surface area contributed by atoms with Crippen LogP contribution in [0.4, 0.5) is 8.78 Å². The van der Waals surface area contributed by atoms with E-state index >= 15 is 0 Å². The second-order valence-corrected chi connectivity index (χ2v) is 6.36. The van der Waals surface area contributed by atoms with Crippen LogP contribution in [0.5, 0.6) is 0 Å². The Bertz CT molecular complexity index is 874. The van der Waals surface area contributed by atoms with Gasteiger partial charge in [0.15, 0.2) is 17.3 Å². The SMILES string of the molecule is O=C(NNC(=O)C1CC1)c1nn(-c2ccc(F)c(F)c2)c2c1CCC2. The summed E-state index contributed by atoms with van der Waals surface area (Å²) in [7, 11) is 0. The summed E-state index contributed by atoms with van der Waals surface area (Å²) in [6.45, 7) is 0. The van der Waals surface area contributed by atoms with Gasteiger partial charge in [0.2, 0.25) is 5.91 Å². The molecule has 0 bridgehead atoms. The van der Waals surface area contributed by atoms with Crippen molar-refractivity contribution < 1.29 is 18.4 Å². The standard InChI is InChI=1S/C17H16F2N4O2/c18-12-7-6-10(8-13(12)19)23-14-3-1-2-11(14)15(22-23)17(25)21-20-16(24)9-4-5-9/h6-9H,1-5H2,(H,20,24)(H,21,25). The van der Waals surface area contributed by atoms with Crippen molar-refractivity contribution in [3.63, 3.8) is 0 Å². The second-order valence-electron chi connectivity index (χ2n) is 6.36. The average molecular weight is 346 g/mol. The third-order valence-corrected chi connectivity index (χ3v) is 4.54. The summed E-state index contributed by atoms with van der Waals surface area (Å²) in [4.78, 5) is 24.0. The predicted molar refractivity (Wildman–Crippen MR) is 83.8 cm³/mol. The molecule has 1 aromatic carbocycles. The van der Waals surface area contributed by atoms with E-state index in [9.17, 15) is 18.4 Å². The van der Waals surface area contributed by atoms with E-state index in [1.165, 1.54) is 10.7 Å². The zero-order chi connectivity index (χ0) is 17.6. The van der Waals surface area contributed by atoms with Gasteiger partial charge < -0.3 is 0 Å². The topological polar surface area (TPSA) is 76.0 Å². The maximum atomic E-state index is 13.5. The van der Waals surface area contributed by atoms with Gasteiger partial charge in [-0.2, -0.15) is 5.10 Å². The van der Waals surface area contributed by atoms with Gasteiger partial charge in [0.1, 0.15) is 0 Å². The second kappa shape index (κ2) is 5.94. The number of carbonyl (C=O) groups is 2. The first-order valence-corrected chi connectivity index (χ1v) is 8.21. The van der Waals surface area contributed by atoms with Crippen molar-refractivity contribution in [2.45, 2.75) is 32.1 Å². The monoisotopic (exact) mass is 346 g/mol. The molecule has 0 atom stereocenters. The van der Waals surface area contributed by atoms with Gasteiger partial charge in [0.25, 0.3) is 5.91 Å². The van der Waals surface area contributed by atoms with Crippen molar-refractivity contribution in [3.05, 3.63) is 46.8 Å². The molecule has 1 fully saturated rings. The normalized spacial score (nSPS) is 15.8. The number of fused-ring (bicyclic) bond motifs is 1. The quantitative estimate of drug-likeness (QED) is 0.833. The van der Waals surface area contributed by atoms with E-state index in [1.54, 1.807) is 0 Å². The fraction of sp³-hybridized carbons (Fsp3) is 0.353. The summed E-state index contributed by atoms with van der Waals surface area (Å²) < 4.78 is 28.2. The van der Waals surface area contributed by atoms with Crippen LogP contribution in [0.15, 0.2) is 18.2 Å². The molecule has 2 amide bonds. The molecule has 0 aliphatic heterocycles. The molecule has 2 aromatic rings. The molecular weight excluding hydrogens is 330 g/mol. The van der Waals surface area contributed by atoms with Crippen molar-refractivity contribution in [2.24, 2.45) is 5.92 Å². The van der Waals surface area contributed by atoms with Crippen molar-refractivity contribution >= 4 is 11.8 Å². The number of rotatable bonds is 3. The third kappa shape index (κ3) is 2.88. The molecule has 2 aliphatic rings. The van der Waals surface area contributed by atoms with Gasteiger partial charge in [-0.15, -0.1) is 0 Å². The third-order valence-electron chi connectivity index (χ3n) is 4.54. The molecule has 0 saturated heterocycles. The van der Waals surface area contributed by atoms with E-state index in [-0.39, 0.29) is 17.5 Å². The van der Waals surface area contributed by atoms with Crippen LogP contribution < -0.4 is 10.9 Å². The fourth-order valence-corrected chi connectivity index (χ4v) is 3.08. The molecule has 2 aliphatic carbocycles. The first-order chi connectivity index (χ1) is 12.0. The highest BCUT2D eigenvalue weighted by Gasteiger charge is 2.31. The minimum atomic E-state index is -0.970. The molecule has 4 rings (SSSR count). The summed E-state index contributed by atoms with van der Waals surface area (Å²) in [6.07, 6.45) is 3.90. The number of hydrogen-bond donors (Lipinski definition) is 2. The van der Waals surface area contributed by atoms with E-state index in [0.29, 0.717) is 18.5 Å². The summed E-state index contributed by atoms with van der Waals surface area (Å²) in [6, 6.07) is 3.50. The van der Waals surface area contributed by atoms with E-state index in [4.69, 9.17) is 0 Å². The lowest BCUT2D eigenvalue weighted by atomic mass is 10.2. The van der Waals surface area contributed by atoms with Crippen LogP contribution in [0, 0.1) is 17.6 Å². The van der Waals surface area contributed by atoms with Gasteiger partial charge in [-0.05, 0) is 44.2 Å². The Morgan fingerprint density at radius 2 is 1.92 bits per heavy atom. The van der Waals surface area contributed by atoms with Crippen LogP contribution in [0.2, 0.25) is 0 Å². The first-order valence-electron chi connectivity index (χ1n) is 8.21. The average Bonchev–Trinajstić information content (AvgIpc) is 3.23. The maximum absolute atomic E-state index is 13.5. The summed E-state index contributed by atoms with van der Waals surface area (Å²) in [5.41, 5.74) is 6.94. The number of halogens is 2. The lowest BCUT2D eigenvalue weighted by Crippen LogP contribution is -2.42. The van der Waals surface area contributed by atoms with Gasteiger partial charge in [-0.3, -0.25) is 20.4 Å². The number of aromatic nitrogens is 2. The smallest absolute Gasteiger partial charge is 0.273 e. The number of nitrogens with one attached hydrogen (secondary N) is 2.